The largest absolute Gasteiger partial charge is 0.481 e. The average molecular weight is 308 g/mol. The lowest BCUT2D eigenvalue weighted by atomic mass is 10.1. The number of rotatable bonds is 8. The van der Waals surface area contributed by atoms with Crippen LogP contribution in [-0.4, -0.2) is 48.2 Å². The Morgan fingerprint density at radius 1 is 1.27 bits per heavy atom. The lowest BCUT2D eigenvalue weighted by molar-refractivity contribution is -0.172. The highest BCUT2D eigenvalue weighted by Gasteiger charge is 2.24. The van der Waals surface area contributed by atoms with Gasteiger partial charge in [-0.05, 0) is 12.0 Å². The number of amides is 2. The summed E-state index contributed by atoms with van der Waals surface area (Å²) in [5.74, 6) is -1.88. The first-order chi connectivity index (χ1) is 10.4. The van der Waals surface area contributed by atoms with Crippen LogP contribution >= 0.6 is 0 Å². The van der Waals surface area contributed by atoms with Crippen molar-refractivity contribution < 1.29 is 24.3 Å². The molecule has 1 aromatic rings. The fourth-order valence-corrected chi connectivity index (χ4v) is 1.86. The van der Waals surface area contributed by atoms with Gasteiger partial charge in [0.2, 0.25) is 5.91 Å². The van der Waals surface area contributed by atoms with Crippen molar-refractivity contribution in [2.45, 2.75) is 25.3 Å². The second kappa shape index (κ2) is 8.78. The quantitative estimate of drug-likeness (QED) is 0.686. The van der Waals surface area contributed by atoms with Crippen LogP contribution in [0, 0.1) is 0 Å². The predicted octanol–water partition coefficient (Wildman–Crippen LogP) is 0.599. The summed E-state index contributed by atoms with van der Waals surface area (Å²) in [5.41, 5.74) is 0.810. The molecule has 1 atom stereocenters. The second-order valence-electron chi connectivity index (χ2n) is 4.73. The van der Waals surface area contributed by atoms with E-state index in [2.05, 4.69) is 5.32 Å². The molecule has 1 aromatic carbocycles. The molecule has 0 fully saturated rings. The van der Waals surface area contributed by atoms with Crippen LogP contribution in [0.3, 0.4) is 0 Å². The highest BCUT2D eigenvalue weighted by Crippen LogP contribution is 2.05. The number of hydrogen-bond donors (Lipinski definition) is 2. The Bertz CT molecular complexity index is 518. The second-order valence-corrected chi connectivity index (χ2v) is 4.73. The highest BCUT2D eigenvalue weighted by molar-refractivity contribution is 5.88. The molecule has 0 radical (unpaired) electrons. The Labute approximate surface area is 128 Å². The molecule has 2 amide bonds. The van der Waals surface area contributed by atoms with Gasteiger partial charge in [-0.2, -0.15) is 0 Å². The molecule has 0 saturated carbocycles. The number of carbonyl (C=O) groups is 3. The zero-order valence-corrected chi connectivity index (χ0v) is 12.6. The molecule has 0 bridgehead atoms. The van der Waals surface area contributed by atoms with Crippen molar-refractivity contribution in [2.75, 3.05) is 14.2 Å². The molecular weight excluding hydrogens is 288 g/mol. The minimum Gasteiger partial charge on any atom is -0.481 e. The third-order valence-corrected chi connectivity index (χ3v) is 3.07. The number of benzene rings is 1. The number of carbonyl (C=O) groups excluding carboxylic acids is 2. The summed E-state index contributed by atoms with van der Waals surface area (Å²) >= 11 is 0. The fraction of sp³-hybridized carbons (Fsp3) is 0.400. The van der Waals surface area contributed by atoms with Crippen LogP contribution in [-0.2, 0) is 25.6 Å². The first kappa shape index (κ1) is 17.6. The number of nitrogens with zero attached hydrogens (tertiary/aromatic N) is 1. The maximum absolute atomic E-state index is 12.1. The van der Waals surface area contributed by atoms with E-state index in [1.54, 1.807) is 12.1 Å². The van der Waals surface area contributed by atoms with Crippen LogP contribution in [0.4, 0.5) is 0 Å². The van der Waals surface area contributed by atoms with E-state index in [0.29, 0.717) is 0 Å². The molecule has 2 N–H and O–H groups in total. The molecule has 7 nitrogen and oxygen atoms in total. The van der Waals surface area contributed by atoms with Crippen LogP contribution in [0.5, 0.6) is 0 Å². The molecule has 1 rings (SSSR count). The molecule has 0 aliphatic heterocycles. The topological polar surface area (TPSA) is 95.9 Å². The van der Waals surface area contributed by atoms with Crippen LogP contribution in [0.25, 0.3) is 0 Å². The standard InChI is InChI=1S/C15H20N2O5/c1-17(22-2)15(21)12(8-9-14(19)20)16-13(18)10-11-6-4-3-5-7-11/h3-7,12H,8-10H2,1-2H3,(H,16,18)(H,19,20). The first-order valence-corrected chi connectivity index (χ1v) is 6.80. The summed E-state index contributed by atoms with van der Waals surface area (Å²) in [6, 6.07) is 8.14. The van der Waals surface area contributed by atoms with E-state index in [-0.39, 0.29) is 25.2 Å². The number of likely N-dealkylation sites (N-methyl/N-ethyl adjacent to an activating group) is 1. The molecule has 22 heavy (non-hydrogen) atoms. The van der Waals surface area contributed by atoms with Gasteiger partial charge in [0.05, 0.1) is 13.5 Å². The van der Waals surface area contributed by atoms with E-state index in [9.17, 15) is 14.4 Å². The van der Waals surface area contributed by atoms with Gasteiger partial charge in [0.1, 0.15) is 6.04 Å². The molecule has 0 heterocycles. The van der Waals surface area contributed by atoms with Crippen molar-refractivity contribution in [3.8, 4) is 0 Å². The fourth-order valence-electron chi connectivity index (χ4n) is 1.86. The van der Waals surface area contributed by atoms with Gasteiger partial charge in [0.15, 0.2) is 0 Å². The smallest absolute Gasteiger partial charge is 0.303 e. The molecule has 0 spiro atoms. The normalized spacial score (nSPS) is 11.5. The minimum absolute atomic E-state index is 0.00238. The van der Waals surface area contributed by atoms with Crippen LogP contribution in [0.15, 0.2) is 30.3 Å². The Hall–Kier alpha value is -2.41. The summed E-state index contributed by atoms with van der Waals surface area (Å²) < 4.78 is 0. The Balaban J connectivity index is 2.68. The van der Waals surface area contributed by atoms with Gasteiger partial charge in [0.25, 0.3) is 5.91 Å². The van der Waals surface area contributed by atoms with Crippen molar-refractivity contribution >= 4 is 17.8 Å². The number of carboxylic acids is 1. The molecule has 7 heteroatoms. The Morgan fingerprint density at radius 2 is 1.91 bits per heavy atom. The summed E-state index contributed by atoms with van der Waals surface area (Å²) in [6.45, 7) is 0. The van der Waals surface area contributed by atoms with Crippen molar-refractivity contribution in [1.82, 2.24) is 10.4 Å². The molecule has 120 valence electrons. The molecule has 0 aromatic heterocycles. The number of carboxylic acid groups (broad SMARTS) is 1. The van der Waals surface area contributed by atoms with Crippen molar-refractivity contribution in [1.29, 1.82) is 0 Å². The van der Waals surface area contributed by atoms with Gasteiger partial charge in [0, 0.05) is 13.5 Å². The minimum atomic E-state index is -1.03. The Kier molecular flexibility index (Phi) is 7.04. The van der Waals surface area contributed by atoms with Crippen molar-refractivity contribution in [2.24, 2.45) is 0 Å². The van der Waals surface area contributed by atoms with Crippen LogP contribution < -0.4 is 5.32 Å². The monoisotopic (exact) mass is 308 g/mol. The van der Waals surface area contributed by atoms with Gasteiger partial charge < -0.3 is 10.4 Å². The third kappa shape index (κ3) is 5.92. The maximum atomic E-state index is 12.1. The SMILES string of the molecule is CON(C)C(=O)C(CCC(=O)O)NC(=O)Cc1ccccc1. The molecular formula is C15H20N2O5. The molecule has 0 aliphatic carbocycles. The van der Waals surface area contributed by atoms with Gasteiger partial charge in [-0.1, -0.05) is 30.3 Å². The average Bonchev–Trinajstić information content (AvgIpc) is 2.50. The van der Waals surface area contributed by atoms with Crippen molar-refractivity contribution in [3.05, 3.63) is 35.9 Å². The van der Waals surface area contributed by atoms with E-state index >= 15 is 0 Å². The maximum Gasteiger partial charge on any atom is 0.303 e. The molecule has 0 saturated heterocycles. The zero-order chi connectivity index (χ0) is 16.5. The lowest BCUT2D eigenvalue weighted by Gasteiger charge is -2.22. The van der Waals surface area contributed by atoms with E-state index in [4.69, 9.17) is 9.94 Å². The van der Waals surface area contributed by atoms with E-state index in [1.165, 1.54) is 14.2 Å². The van der Waals surface area contributed by atoms with E-state index in [0.717, 1.165) is 10.6 Å². The van der Waals surface area contributed by atoms with Crippen LogP contribution in [0.2, 0.25) is 0 Å². The number of hydrogen-bond acceptors (Lipinski definition) is 4. The summed E-state index contributed by atoms with van der Waals surface area (Å²) in [6.07, 6.45) is -0.101. The van der Waals surface area contributed by atoms with Gasteiger partial charge in [-0.15, -0.1) is 0 Å². The summed E-state index contributed by atoms with van der Waals surface area (Å²) in [4.78, 5) is 39.5. The summed E-state index contributed by atoms with van der Waals surface area (Å²) in [7, 11) is 2.72. The number of nitrogens with one attached hydrogen (secondary N) is 1. The van der Waals surface area contributed by atoms with E-state index < -0.39 is 17.9 Å². The van der Waals surface area contributed by atoms with E-state index in [1.807, 2.05) is 18.2 Å². The van der Waals surface area contributed by atoms with Crippen molar-refractivity contribution in [3.63, 3.8) is 0 Å². The predicted molar refractivity (Wildman–Crippen MR) is 78.7 cm³/mol. The Morgan fingerprint density at radius 3 is 2.45 bits per heavy atom. The molecule has 0 aliphatic rings. The number of hydroxylamine groups is 2. The lowest BCUT2D eigenvalue weighted by Crippen LogP contribution is -2.47. The summed E-state index contributed by atoms with van der Waals surface area (Å²) in [5, 5.41) is 12.3. The van der Waals surface area contributed by atoms with Gasteiger partial charge in [-0.25, -0.2) is 5.06 Å². The third-order valence-electron chi connectivity index (χ3n) is 3.07. The first-order valence-electron chi connectivity index (χ1n) is 6.80. The van der Waals surface area contributed by atoms with Gasteiger partial charge in [-0.3, -0.25) is 19.2 Å². The molecule has 1 unspecified atom stereocenters. The van der Waals surface area contributed by atoms with Crippen LogP contribution in [0.1, 0.15) is 18.4 Å². The van der Waals surface area contributed by atoms with Gasteiger partial charge >= 0.3 is 5.97 Å². The zero-order valence-electron chi connectivity index (χ0n) is 12.6. The highest BCUT2D eigenvalue weighted by atomic mass is 16.7. The number of aliphatic carboxylic acids is 1.